The van der Waals surface area contributed by atoms with Gasteiger partial charge >= 0.3 is 37.7 Å². The van der Waals surface area contributed by atoms with Crippen LogP contribution in [0, 0.1) is 0 Å². The Morgan fingerprint density at radius 1 is 0.584 bits per heavy atom. The quantitative estimate of drug-likeness (QED) is 0.0399. The predicted molar refractivity (Wildman–Crippen MR) is 294 cm³/mol. The second-order valence-electron chi connectivity index (χ2n) is 16.3. The Labute approximate surface area is 483 Å². The maximum atomic E-state index is 13.4. The molecule has 2 amide bonds. The van der Waals surface area contributed by atoms with Crippen molar-refractivity contribution in [3.63, 3.8) is 0 Å². The van der Waals surface area contributed by atoms with Crippen LogP contribution >= 0.6 is 23.2 Å². The fourth-order valence-electron chi connectivity index (χ4n) is 7.69. The standard InChI is InChI=1S/2C27H24ClN3O6S.Ca/c2*1-3-16-14-22(28)24(38(34,35)36)15-23(16)30-31-25-20-8-6-5-7-17(20)13-21(26(25)32)27(33)29-18-9-11-19(12-10-18)37-4-2;/h2*5-15,32H,3-4H2,1-2H3,(H,29,33)(H,34,35,36);/q;;+2/p-2. The minimum Gasteiger partial charge on any atom is -0.870 e. The number of phenols is 1. The topological polar surface area (TPSA) is 281 Å². The number of carbonyl (C=O) groups is 2. The minimum absolute atomic E-state index is 0. The van der Waals surface area contributed by atoms with Gasteiger partial charge in [0.2, 0.25) is 0 Å². The fraction of sp³-hybridized carbons (Fsp3) is 0.148. The molecular weight excluding hydrogens is 1100 g/mol. The molecule has 0 saturated carbocycles. The molecule has 0 atom stereocenters. The molecule has 0 bridgehead atoms. The maximum absolute atomic E-state index is 13.4. The van der Waals surface area contributed by atoms with Crippen LogP contribution in [0.3, 0.4) is 0 Å². The van der Waals surface area contributed by atoms with Crippen molar-refractivity contribution in [1.82, 2.24) is 0 Å². The average molecular weight is 1150 g/mol. The van der Waals surface area contributed by atoms with Crippen molar-refractivity contribution >= 4 is 149 Å². The van der Waals surface area contributed by atoms with Gasteiger partial charge in [0, 0.05) is 27.7 Å². The van der Waals surface area contributed by atoms with Crippen molar-refractivity contribution in [2.45, 2.75) is 50.3 Å². The van der Waals surface area contributed by atoms with Gasteiger partial charge in [-0.25, -0.2) is 8.42 Å². The molecule has 392 valence electrons. The summed E-state index contributed by atoms with van der Waals surface area (Å²) in [7, 11) is -9.47. The molecule has 18 nitrogen and oxygen atoms in total. The number of hydrogen-bond acceptors (Lipinski definition) is 15. The summed E-state index contributed by atoms with van der Waals surface area (Å²) >= 11 is 12.0. The third-order valence-electron chi connectivity index (χ3n) is 11.4. The predicted octanol–water partition coefficient (Wildman–Crippen LogP) is 12.8. The number of fused-ring (bicyclic) bond motifs is 2. The van der Waals surface area contributed by atoms with Gasteiger partial charge in [0.25, 0.3) is 21.9 Å². The second kappa shape index (κ2) is 26.1. The average Bonchev–Trinajstić information content (AvgIpc) is 3.39. The Bertz CT molecular complexity index is 3560. The maximum Gasteiger partial charge on any atom is 2.00 e. The van der Waals surface area contributed by atoms with Gasteiger partial charge in [-0.3, -0.25) is 14.1 Å². The van der Waals surface area contributed by atoms with Gasteiger partial charge in [-0.2, -0.15) is 23.8 Å². The first-order chi connectivity index (χ1) is 36.2. The van der Waals surface area contributed by atoms with E-state index in [-0.39, 0.29) is 81.7 Å². The number of aryl methyl sites for hydroxylation is 2. The van der Waals surface area contributed by atoms with Crippen LogP contribution in [0.15, 0.2) is 164 Å². The molecule has 0 aromatic heterocycles. The summed E-state index contributed by atoms with van der Waals surface area (Å²) in [5.74, 6) is -0.972. The number of halogens is 2. The van der Waals surface area contributed by atoms with Crippen LogP contribution in [0.4, 0.5) is 34.1 Å². The Morgan fingerprint density at radius 3 is 1.45 bits per heavy atom. The SMILES string of the molecule is CCOc1ccc(NC(=O)c2cc3ccccc3c(N=Nc3cc(S(=O)(=O)O)c(Cl)cc3CC)c2O)cc1.CCOc1ccc(NC(=O)c2cc3ccccc3c(N=Nc3cc(S(=O)(=O)[O-])c(Cl)cc3CC)c2[O-])cc1.[Ca+2]. The molecule has 4 N–H and O–H groups in total. The molecule has 8 aromatic carbocycles. The fourth-order valence-corrected chi connectivity index (χ4v) is 9.75. The van der Waals surface area contributed by atoms with Gasteiger partial charge in [0.1, 0.15) is 32.2 Å². The van der Waals surface area contributed by atoms with Gasteiger partial charge in [-0.05, 0) is 134 Å². The van der Waals surface area contributed by atoms with E-state index in [1.165, 1.54) is 18.2 Å². The van der Waals surface area contributed by atoms with Gasteiger partial charge in [0.05, 0.1) is 50.8 Å². The molecule has 0 saturated heterocycles. The summed E-state index contributed by atoms with van der Waals surface area (Å²) in [5, 5.41) is 48.3. The van der Waals surface area contributed by atoms with E-state index in [9.17, 15) is 45.7 Å². The van der Waals surface area contributed by atoms with E-state index >= 15 is 0 Å². The molecule has 0 unspecified atom stereocenters. The number of azo groups is 2. The van der Waals surface area contributed by atoms with Crippen LogP contribution in [0.25, 0.3) is 21.5 Å². The number of aromatic hydroxyl groups is 1. The number of ether oxygens (including phenoxy) is 2. The number of benzene rings is 8. The Kier molecular flexibility index (Phi) is 20.2. The third-order valence-corrected chi connectivity index (χ3v) is 14.0. The molecule has 0 radical (unpaired) electrons. The Morgan fingerprint density at radius 2 is 1.00 bits per heavy atom. The number of hydrogen-bond donors (Lipinski definition) is 4. The molecule has 0 spiro atoms. The first kappa shape index (κ1) is 59.5. The molecule has 0 fully saturated rings. The van der Waals surface area contributed by atoms with E-state index in [1.807, 2.05) is 20.8 Å². The molecule has 23 heteroatoms. The summed E-state index contributed by atoms with van der Waals surface area (Å²) in [6, 6.07) is 35.2. The van der Waals surface area contributed by atoms with Crippen molar-refractivity contribution in [3.05, 3.63) is 166 Å². The molecule has 0 aliphatic carbocycles. The van der Waals surface area contributed by atoms with Crippen molar-refractivity contribution in [3.8, 4) is 23.0 Å². The van der Waals surface area contributed by atoms with Crippen LogP contribution in [-0.4, -0.2) is 93.8 Å². The van der Waals surface area contributed by atoms with Crippen LogP contribution in [-0.2, 0) is 33.1 Å². The summed E-state index contributed by atoms with van der Waals surface area (Å²) in [4.78, 5) is 25.1. The van der Waals surface area contributed by atoms with Crippen molar-refractivity contribution in [1.29, 1.82) is 0 Å². The van der Waals surface area contributed by atoms with E-state index in [0.717, 1.165) is 12.1 Å². The number of rotatable bonds is 16. The Balaban J connectivity index is 0.000000246. The zero-order valence-electron chi connectivity index (χ0n) is 41.6. The Hall–Kier alpha value is -6.72. The van der Waals surface area contributed by atoms with E-state index in [4.69, 9.17) is 32.7 Å². The smallest absolute Gasteiger partial charge is 0.870 e. The van der Waals surface area contributed by atoms with Crippen LogP contribution in [0.2, 0.25) is 10.0 Å². The minimum atomic E-state index is -4.87. The number of nitrogens with zero attached hydrogens (tertiary/aromatic N) is 4. The summed E-state index contributed by atoms with van der Waals surface area (Å²) in [6.07, 6.45) is 0.847. The third kappa shape index (κ3) is 14.5. The zero-order chi connectivity index (χ0) is 54.9. The van der Waals surface area contributed by atoms with Crippen molar-refractivity contribution < 1.29 is 55.2 Å². The molecule has 0 aliphatic rings. The molecule has 0 heterocycles. The molecular formula is C54H46CaCl2N6O12S2. The number of amides is 2. The van der Waals surface area contributed by atoms with Gasteiger partial charge < -0.3 is 34.9 Å². The number of nitrogens with one attached hydrogen (secondary N) is 2. The zero-order valence-corrected chi connectivity index (χ0v) is 46.9. The molecule has 8 aromatic rings. The normalized spacial score (nSPS) is 11.5. The van der Waals surface area contributed by atoms with E-state index in [1.54, 1.807) is 110 Å². The first-order valence-electron chi connectivity index (χ1n) is 23.2. The van der Waals surface area contributed by atoms with Gasteiger partial charge in [-0.15, -0.1) is 5.11 Å². The largest absolute Gasteiger partial charge is 2.00 e. The summed E-state index contributed by atoms with van der Waals surface area (Å²) in [6.45, 7) is 8.36. The van der Waals surface area contributed by atoms with E-state index in [0.29, 0.717) is 81.6 Å². The second-order valence-corrected chi connectivity index (χ2v) is 19.9. The number of phenolic OH excluding ortho intramolecular Hbond substituents is 1. The number of carbonyl (C=O) groups excluding carboxylic acids is 2. The van der Waals surface area contributed by atoms with Crippen molar-refractivity contribution in [2.75, 3.05) is 23.8 Å². The van der Waals surface area contributed by atoms with E-state index < -0.39 is 53.3 Å². The first-order valence-corrected chi connectivity index (χ1v) is 26.8. The monoisotopic (exact) mass is 1140 g/mol. The van der Waals surface area contributed by atoms with Gasteiger partial charge in [0.15, 0.2) is 5.75 Å². The summed E-state index contributed by atoms with van der Waals surface area (Å²) in [5.41, 5.74) is 1.99. The molecule has 8 rings (SSSR count). The summed E-state index contributed by atoms with van der Waals surface area (Å²) < 4.78 is 78.7. The van der Waals surface area contributed by atoms with Crippen LogP contribution in [0.1, 0.15) is 59.5 Å². The van der Waals surface area contributed by atoms with Gasteiger partial charge in [-0.1, -0.05) is 91.3 Å². The van der Waals surface area contributed by atoms with Crippen LogP contribution < -0.4 is 25.2 Å². The van der Waals surface area contributed by atoms with E-state index in [2.05, 4.69) is 31.1 Å². The van der Waals surface area contributed by atoms with Crippen molar-refractivity contribution in [2.24, 2.45) is 20.5 Å². The van der Waals surface area contributed by atoms with Crippen LogP contribution in [0.5, 0.6) is 23.0 Å². The molecule has 77 heavy (non-hydrogen) atoms. The number of anilines is 2. The molecule has 0 aliphatic heterocycles.